The van der Waals surface area contributed by atoms with E-state index >= 15 is 0 Å². The number of nitriles is 1. The molecular formula is C23H25N5O3S. The predicted molar refractivity (Wildman–Crippen MR) is 120 cm³/mol. The minimum Gasteiger partial charge on any atom is -0.481 e. The average molecular weight is 452 g/mol. The fraction of sp³-hybridized carbons (Fsp3) is 0.391. The number of aryl methyl sites for hydroxylation is 1. The molecule has 1 unspecified atom stereocenters. The molecule has 1 fully saturated rings. The molecule has 9 heteroatoms. The zero-order chi connectivity index (χ0) is 22.3. The van der Waals surface area contributed by atoms with Crippen LogP contribution in [0, 0.1) is 11.3 Å². The van der Waals surface area contributed by atoms with E-state index in [1.54, 1.807) is 42.5 Å². The molecule has 32 heavy (non-hydrogen) atoms. The molecule has 4 rings (SSSR count). The summed E-state index contributed by atoms with van der Waals surface area (Å²) in [7, 11) is 0. The Hall–Kier alpha value is -3.22. The van der Waals surface area contributed by atoms with Gasteiger partial charge in [-0.15, -0.1) is 11.3 Å². The number of piperazine rings is 1. The highest BCUT2D eigenvalue weighted by atomic mass is 32.1. The zero-order valence-electron chi connectivity index (χ0n) is 17.9. The number of hydrogen-bond donors (Lipinski definition) is 0. The Balaban J connectivity index is 1.18. The van der Waals surface area contributed by atoms with E-state index in [4.69, 9.17) is 14.5 Å². The quantitative estimate of drug-likeness (QED) is 0.519. The van der Waals surface area contributed by atoms with Crippen molar-refractivity contribution in [2.75, 3.05) is 32.7 Å². The van der Waals surface area contributed by atoms with Gasteiger partial charge < -0.3 is 14.2 Å². The van der Waals surface area contributed by atoms with Gasteiger partial charge in [0.05, 0.1) is 16.5 Å². The Bertz CT molecular complexity index is 1070. The van der Waals surface area contributed by atoms with E-state index in [0.29, 0.717) is 36.1 Å². The number of carbonyl (C=O) groups is 1. The molecule has 2 aromatic heterocycles. The summed E-state index contributed by atoms with van der Waals surface area (Å²) in [6, 6.07) is 12.9. The first-order valence-electron chi connectivity index (χ1n) is 10.7. The van der Waals surface area contributed by atoms with Crippen molar-refractivity contribution in [1.82, 2.24) is 19.9 Å². The number of benzene rings is 1. The molecule has 0 spiro atoms. The van der Waals surface area contributed by atoms with Gasteiger partial charge in [-0.3, -0.25) is 9.69 Å². The first-order valence-corrected chi connectivity index (χ1v) is 11.5. The topological polar surface area (TPSA) is 95.5 Å². The highest BCUT2D eigenvalue weighted by Crippen LogP contribution is 2.21. The number of rotatable bonds is 8. The van der Waals surface area contributed by atoms with Crippen molar-refractivity contribution in [3.8, 4) is 22.5 Å². The first-order chi connectivity index (χ1) is 15.6. The second-order valence-electron chi connectivity index (χ2n) is 7.66. The molecule has 8 nitrogen and oxygen atoms in total. The van der Waals surface area contributed by atoms with Crippen LogP contribution in [0.1, 0.15) is 24.8 Å². The SMILES string of the molecule is CC(Oc1cccc(C#N)c1)C(=O)N1CCN(CCCc2nc(-c3cccs3)no2)CC1. The Morgan fingerprint density at radius 3 is 2.88 bits per heavy atom. The van der Waals surface area contributed by atoms with Crippen molar-refractivity contribution >= 4 is 17.2 Å². The van der Waals surface area contributed by atoms with Crippen LogP contribution in [0.2, 0.25) is 0 Å². The maximum absolute atomic E-state index is 12.8. The first kappa shape index (κ1) is 22.0. The predicted octanol–water partition coefficient (Wildman–Crippen LogP) is 3.21. The van der Waals surface area contributed by atoms with Crippen LogP contribution in [0.5, 0.6) is 5.75 Å². The largest absolute Gasteiger partial charge is 0.481 e. The van der Waals surface area contributed by atoms with Crippen LogP contribution in [-0.4, -0.2) is 64.7 Å². The molecule has 3 aromatic rings. The van der Waals surface area contributed by atoms with Gasteiger partial charge in [0.2, 0.25) is 11.7 Å². The monoisotopic (exact) mass is 451 g/mol. The third-order valence-corrected chi connectivity index (χ3v) is 6.25. The summed E-state index contributed by atoms with van der Waals surface area (Å²) in [4.78, 5) is 22.4. The van der Waals surface area contributed by atoms with Gasteiger partial charge in [-0.2, -0.15) is 10.2 Å². The van der Waals surface area contributed by atoms with E-state index in [9.17, 15) is 4.79 Å². The molecule has 0 N–H and O–H groups in total. The van der Waals surface area contributed by atoms with Gasteiger partial charge in [0.1, 0.15) is 5.75 Å². The van der Waals surface area contributed by atoms with Gasteiger partial charge in [0.15, 0.2) is 6.10 Å². The number of carbonyl (C=O) groups excluding carboxylic acids is 1. The number of amides is 1. The summed E-state index contributed by atoms with van der Waals surface area (Å²) in [6.07, 6.45) is 1.07. The van der Waals surface area contributed by atoms with E-state index < -0.39 is 6.10 Å². The Morgan fingerprint density at radius 1 is 1.28 bits per heavy atom. The third kappa shape index (κ3) is 5.52. The lowest BCUT2D eigenvalue weighted by Gasteiger charge is -2.35. The molecule has 166 valence electrons. The summed E-state index contributed by atoms with van der Waals surface area (Å²) < 4.78 is 11.1. The van der Waals surface area contributed by atoms with E-state index in [0.717, 1.165) is 37.4 Å². The molecule has 1 aliphatic heterocycles. The normalized spacial score (nSPS) is 15.3. The van der Waals surface area contributed by atoms with Crippen LogP contribution < -0.4 is 4.74 Å². The molecular weight excluding hydrogens is 426 g/mol. The second-order valence-corrected chi connectivity index (χ2v) is 8.61. The second kappa shape index (κ2) is 10.4. The van der Waals surface area contributed by atoms with Crippen molar-refractivity contribution in [3.05, 3.63) is 53.2 Å². The maximum Gasteiger partial charge on any atom is 0.263 e. The minimum absolute atomic E-state index is 0.0287. The highest BCUT2D eigenvalue weighted by molar-refractivity contribution is 7.13. The lowest BCUT2D eigenvalue weighted by molar-refractivity contribution is -0.139. The molecule has 1 aromatic carbocycles. The molecule has 0 bridgehead atoms. The molecule has 3 heterocycles. The van der Waals surface area contributed by atoms with Crippen molar-refractivity contribution < 1.29 is 14.1 Å². The molecule has 1 aliphatic rings. The third-order valence-electron chi connectivity index (χ3n) is 5.38. The van der Waals surface area contributed by atoms with Crippen LogP contribution in [0.4, 0.5) is 0 Å². The van der Waals surface area contributed by atoms with Gasteiger partial charge in [-0.25, -0.2) is 0 Å². The number of nitrogens with zero attached hydrogens (tertiary/aromatic N) is 5. The zero-order valence-corrected chi connectivity index (χ0v) is 18.8. The van der Waals surface area contributed by atoms with Crippen molar-refractivity contribution in [3.63, 3.8) is 0 Å². The van der Waals surface area contributed by atoms with Crippen molar-refractivity contribution in [2.45, 2.75) is 25.9 Å². The summed E-state index contributed by atoms with van der Waals surface area (Å²) >= 11 is 1.60. The Kier molecular flexibility index (Phi) is 7.14. The number of ether oxygens (including phenoxy) is 1. The lowest BCUT2D eigenvalue weighted by atomic mass is 10.2. The fourth-order valence-electron chi connectivity index (χ4n) is 3.66. The summed E-state index contributed by atoms with van der Waals surface area (Å²) in [5.41, 5.74) is 0.513. The van der Waals surface area contributed by atoms with E-state index in [-0.39, 0.29) is 5.91 Å². The van der Waals surface area contributed by atoms with E-state index in [1.807, 2.05) is 22.4 Å². The maximum atomic E-state index is 12.8. The van der Waals surface area contributed by atoms with Crippen LogP contribution in [-0.2, 0) is 11.2 Å². The molecule has 0 radical (unpaired) electrons. The standard InChI is InChI=1S/C23H25N5O3S/c1-17(30-19-6-2-5-18(15-19)16-24)23(29)28-12-10-27(11-13-28)9-3-8-21-25-22(26-31-21)20-7-4-14-32-20/h2,4-7,14-15,17H,3,8-13H2,1H3. The molecule has 0 aliphatic carbocycles. The smallest absolute Gasteiger partial charge is 0.263 e. The van der Waals surface area contributed by atoms with Crippen LogP contribution in [0.3, 0.4) is 0 Å². The Labute approximate surface area is 191 Å². The highest BCUT2D eigenvalue weighted by Gasteiger charge is 2.26. The summed E-state index contributed by atoms with van der Waals surface area (Å²) in [6.45, 7) is 5.68. The molecule has 1 atom stereocenters. The van der Waals surface area contributed by atoms with E-state index in [2.05, 4.69) is 21.1 Å². The summed E-state index contributed by atoms with van der Waals surface area (Å²) in [5, 5.41) is 15.0. The van der Waals surface area contributed by atoms with Crippen molar-refractivity contribution in [2.24, 2.45) is 0 Å². The number of thiophene rings is 1. The van der Waals surface area contributed by atoms with Crippen LogP contribution >= 0.6 is 11.3 Å². The molecule has 1 saturated heterocycles. The van der Waals surface area contributed by atoms with E-state index in [1.165, 1.54) is 0 Å². The fourth-order valence-corrected chi connectivity index (χ4v) is 4.31. The van der Waals surface area contributed by atoms with Gasteiger partial charge in [-0.1, -0.05) is 17.3 Å². The molecule has 1 amide bonds. The lowest BCUT2D eigenvalue weighted by Crippen LogP contribution is -2.52. The van der Waals surface area contributed by atoms with Crippen LogP contribution in [0.25, 0.3) is 10.7 Å². The average Bonchev–Trinajstić information content (AvgIpc) is 3.51. The number of hydrogen-bond acceptors (Lipinski definition) is 8. The van der Waals surface area contributed by atoms with Gasteiger partial charge >= 0.3 is 0 Å². The van der Waals surface area contributed by atoms with Crippen molar-refractivity contribution in [1.29, 1.82) is 5.26 Å². The number of aromatic nitrogens is 2. The molecule has 0 saturated carbocycles. The van der Waals surface area contributed by atoms with Gasteiger partial charge in [0, 0.05) is 32.6 Å². The Morgan fingerprint density at radius 2 is 2.12 bits per heavy atom. The van der Waals surface area contributed by atoms with Gasteiger partial charge in [-0.05, 0) is 49.5 Å². The minimum atomic E-state index is -0.592. The van der Waals surface area contributed by atoms with Crippen LogP contribution in [0.15, 0.2) is 46.3 Å². The summed E-state index contributed by atoms with van der Waals surface area (Å²) in [5.74, 6) is 1.82. The van der Waals surface area contributed by atoms with Gasteiger partial charge in [0.25, 0.3) is 5.91 Å².